The minimum atomic E-state index is -3.65. The fourth-order valence-corrected chi connectivity index (χ4v) is 1.60. The monoisotopic (exact) mass is 240 g/mol. The van der Waals surface area contributed by atoms with Crippen LogP contribution in [0.4, 0.5) is 8.78 Å². The maximum atomic E-state index is 13.6. The Kier molecular flexibility index (Phi) is 2.57. The van der Waals surface area contributed by atoms with E-state index in [1.165, 1.54) is 18.2 Å². The van der Waals surface area contributed by atoms with Crippen LogP contribution >= 0.6 is 0 Å². The molecule has 0 amide bonds. The number of alkyl halides is 2. The van der Waals surface area contributed by atoms with Crippen molar-refractivity contribution in [2.75, 3.05) is 7.11 Å². The van der Waals surface area contributed by atoms with E-state index in [2.05, 4.69) is 14.9 Å². The fourth-order valence-electron chi connectivity index (χ4n) is 1.60. The molecule has 0 aliphatic carbocycles. The normalized spacial score (nSPS) is 11.8. The summed E-state index contributed by atoms with van der Waals surface area (Å²) in [5.41, 5.74) is 0.761. The summed E-state index contributed by atoms with van der Waals surface area (Å²) in [4.78, 5) is 11.0. The number of benzene rings is 1. The summed E-state index contributed by atoms with van der Waals surface area (Å²) < 4.78 is 31.2. The Hall–Kier alpha value is -1.98. The van der Waals surface area contributed by atoms with Crippen molar-refractivity contribution in [3.8, 4) is 0 Å². The van der Waals surface area contributed by atoms with E-state index in [1.807, 2.05) is 0 Å². The van der Waals surface area contributed by atoms with E-state index in [0.29, 0.717) is 11.2 Å². The van der Waals surface area contributed by atoms with E-state index in [-0.39, 0.29) is 0 Å². The smallest absolute Gasteiger partial charge is 0.381 e. The van der Waals surface area contributed by atoms with Crippen molar-refractivity contribution in [1.29, 1.82) is 0 Å². The molecule has 1 aromatic heterocycles. The second-order valence-electron chi connectivity index (χ2n) is 3.64. The number of aromatic nitrogens is 2. The average molecular weight is 240 g/mol. The summed E-state index contributed by atoms with van der Waals surface area (Å²) in [7, 11) is 0.926. The molecule has 0 saturated carbocycles. The summed E-state index contributed by atoms with van der Waals surface area (Å²) in [6.07, 6.45) is 0. The highest BCUT2D eigenvalue weighted by Gasteiger charge is 2.42. The molecule has 17 heavy (non-hydrogen) atoms. The van der Waals surface area contributed by atoms with E-state index in [0.717, 1.165) is 12.5 Å². The second-order valence-corrected chi connectivity index (χ2v) is 3.64. The molecule has 0 atom stereocenters. The minimum Gasteiger partial charge on any atom is -0.464 e. The fraction of sp³-hybridized carbons (Fsp3) is 0.273. The zero-order chi connectivity index (χ0) is 12.6. The van der Waals surface area contributed by atoms with E-state index >= 15 is 0 Å². The number of aryl methyl sites for hydroxylation is 1. The topological polar surface area (TPSA) is 55.0 Å². The zero-order valence-electron chi connectivity index (χ0n) is 9.25. The Morgan fingerprint density at radius 1 is 1.47 bits per heavy atom. The first-order valence-electron chi connectivity index (χ1n) is 4.88. The highest BCUT2D eigenvalue weighted by Crippen LogP contribution is 2.31. The first kappa shape index (κ1) is 11.5. The molecule has 0 bridgehead atoms. The number of nitrogens with zero attached hydrogens (tertiary/aromatic N) is 1. The molecule has 4 nitrogen and oxygen atoms in total. The molecule has 0 spiro atoms. The van der Waals surface area contributed by atoms with Crippen LogP contribution in [-0.4, -0.2) is 23.3 Å². The quantitative estimate of drug-likeness (QED) is 0.818. The third-order valence-electron chi connectivity index (χ3n) is 2.56. The molecule has 2 aromatic rings. The lowest BCUT2D eigenvalue weighted by atomic mass is 10.1. The van der Waals surface area contributed by atoms with E-state index < -0.39 is 17.5 Å². The van der Waals surface area contributed by atoms with Crippen LogP contribution in [0.15, 0.2) is 18.2 Å². The van der Waals surface area contributed by atoms with Crippen molar-refractivity contribution in [3.63, 3.8) is 0 Å². The standard InChI is InChI=1S/C11H10F2N2O2/c1-6-8-4-3-7(5-9(8)15-14-6)11(12,13)10(16)17-2/h3-5H,1-2H3,(H,14,15). The predicted octanol–water partition coefficient (Wildman–Crippen LogP) is 2.14. The van der Waals surface area contributed by atoms with Crippen molar-refractivity contribution >= 4 is 16.9 Å². The van der Waals surface area contributed by atoms with Gasteiger partial charge in [0.2, 0.25) is 0 Å². The van der Waals surface area contributed by atoms with Gasteiger partial charge in [0.1, 0.15) is 0 Å². The molecule has 2 rings (SSSR count). The highest BCUT2D eigenvalue weighted by molar-refractivity contribution is 5.85. The first-order chi connectivity index (χ1) is 7.96. The van der Waals surface area contributed by atoms with Gasteiger partial charge in [-0.2, -0.15) is 13.9 Å². The summed E-state index contributed by atoms with van der Waals surface area (Å²) in [6, 6.07) is 3.90. The summed E-state index contributed by atoms with van der Waals surface area (Å²) >= 11 is 0. The number of carbonyl (C=O) groups excluding carboxylic acids is 1. The molecule has 0 fully saturated rings. The number of hydrogen-bond donors (Lipinski definition) is 1. The van der Waals surface area contributed by atoms with Crippen LogP contribution in [-0.2, 0) is 15.5 Å². The van der Waals surface area contributed by atoms with Crippen LogP contribution in [0.1, 0.15) is 11.3 Å². The SMILES string of the molecule is COC(=O)C(F)(F)c1ccc2c(C)n[nH]c2c1. The van der Waals surface area contributed by atoms with Gasteiger partial charge in [0.15, 0.2) is 0 Å². The van der Waals surface area contributed by atoms with Gasteiger partial charge in [0.25, 0.3) is 0 Å². The maximum Gasteiger partial charge on any atom is 0.381 e. The molecule has 0 aliphatic rings. The van der Waals surface area contributed by atoms with Crippen molar-refractivity contribution in [1.82, 2.24) is 10.2 Å². The summed E-state index contributed by atoms with van der Waals surface area (Å²) in [5.74, 6) is -5.23. The van der Waals surface area contributed by atoms with Gasteiger partial charge < -0.3 is 4.74 Å². The molecular formula is C11H10F2N2O2. The molecule has 0 radical (unpaired) electrons. The van der Waals surface area contributed by atoms with Crippen molar-refractivity contribution in [2.24, 2.45) is 0 Å². The number of rotatable bonds is 2. The molecule has 6 heteroatoms. The van der Waals surface area contributed by atoms with Gasteiger partial charge in [-0.1, -0.05) is 12.1 Å². The lowest BCUT2D eigenvalue weighted by molar-refractivity contribution is -0.170. The predicted molar refractivity (Wildman–Crippen MR) is 56.7 cm³/mol. The Balaban J connectivity index is 2.53. The molecule has 1 heterocycles. The lowest BCUT2D eigenvalue weighted by Crippen LogP contribution is -2.27. The number of esters is 1. The van der Waals surface area contributed by atoms with Gasteiger partial charge in [-0.05, 0) is 13.0 Å². The van der Waals surface area contributed by atoms with Gasteiger partial charge in [-0.15, -0.1) is 0 Å². The van der Waals surface area contributed by atoms with Crippen LogP contribution < -0.4 is 0 Å². The van der Waals surface area contributed by atoms with Crippen LogP contribution in [0, 0.1) is 6.92 Å². The molecular weight excluding hydrogens is 230 g/mol. The van der Waals surface area contributed by atoms with Crippen molar-refractivity contribution < 1.29 is 18.3 Å². The van der Waals surface area contributed by atoms with E-state index in [4.69, 9.17) is 0 Å². The third-order valence-corrected chi connectivity index (χ3v) is 2.56. The molecule has 0 saturated heterocycles. The van der Waals surface area contributed by atoms with Crippen LogP contribution in [0.2, 0.25) is 0 Å². The molecule has 1 aromatic carbocycles. The minimum absolute atomic E-state index is 0.416. The number of nitrogens with one attached hydrogen (secondary N) is 1. The van der Waals surface area contributed by atoms with Gasteiger partial charge in [0.05, 0.1) is 18.3 Å². The first-order valence-corrected chi connectivity index (χ1v) is 4.88. The Bertz CT molecular complexity index is 578. The number of hydrogen-bond acceptors (Lipinski definition) is 3. The molecule has 0 aliphatic heterocycles. The Morgan fingerprint density at radius 3 is 2.82 bits per heavy atom. The number of H-pyrrole nitrogens is 1. The summed E-state index contributed by atoms with van der Waals surface area (Å²) in [6.45, 7) is 1.76. The molecule has 90 valence electrons. The highest BCUT2D eigenvalue weighted by atomic mass is 19.3. The number of methoxy groups -OCH3 is 1. The number of fused-ring (bicyclic) bond motifs is 1. The Labute approximate surface area is 95.6 Å². The van der Waals surface area contributed by atoms with E-state index in [9.17, 15) is 13.6 Å². The van der Waals surface area contributed by atoms with Crippen LogP contribution in [0.25, 0.3) is 10.9 Å². The zero-order valence-corrected chi connectivity index (χ0v) is 9.25. The largest absolute Gasteiger partial charge is 0.464 e. The summed E-state index contributed by atoms with van der Waals surface area (Å²) in [5, 5.41) is 7.26. The van der Waals surface area contributed by atoms with E-state index in [1.54, 1.807) is 6.92 Å². The van der Waals surface area contributed by atoms with Gasteiger partial charge >= 0.3 is 11.9 Å². The Morgan fingerprint density at radius 2 is 2.18 bits per heavy atom. The van der Waals surface area contributed by atoms with Gasteiger partial charge in [-0.25, -0.2) is 4.79 Å². The van der Waals surface area contributed by atoms with Gasteiger partial charge in [-0.3, -0.25) is 5.10 Å². The molecule has 0 unspecified atom stereocenters. The second kappa shape index (κ2) is 3.80. The van der Waals surface area contributed by atoms with Crippen LogP contribution in [0.5, 0.6) is 0 Å². The number of aromatic amines is 1. The number of ether oxygens (including phenoxy) is 1. The number of carbonyl (C=O) groups is 1. The van der Waals surface area contributed by atoms with Crippen LogP contribution in [0.3, 0.4) is 0 Å². The van der Waals surface area contributed by atoms with Crippen molar-refractivity contribution in [2.45, 2.75) is 12.8 Å². The molecule has 1 N–H and O–H groups in total. The third kappa shape index (κ3) is 1.75. The average Bonchev–Trinajstić information content (AvgIpc) is 2.69. The van der Waals surface area contributed by atoms with Gasteiger partial charge in [0, 0.05) is 10.9 Å². The lowest BCUT2D eigenvalue weighted by Gasteiger charge is -2.13. The number of halogens is 2. The van der Waals surface area contributed by atoms with Crippen molar-refractivity contribution in [3.05, 3.63) is 29.5 Å². The maximum absolute atomic E-state index is 13.6.